The minimum atomic E-state index is 0.493. The molecular formula is C15H24N2O. The lowest BCUT2D eigenvalue weighted by Gasteiger charge is -2.24. The molecule has 1 aromatic rings. The highest BCUT2D eigenvalue weighted by atomic mass is 16.5. The standard InChI is InChI=1S/C15H24N2O/c1-16-14(12-13-7-9-17-10-8-13)5-6-15-4-2-3-11-18-15/h7-10,14-16H,2-6,11-12H2,1H3. The third-order valence-corrected chi connectivity index (χ3v) is 3.75. The van der Waals surface area contributed by atoms with Crippen LogP contribution in [0.1, 0.15) is 37.7 Å². The van der Waals surface area contributed by atoms with E-state index in [1.165, 1.54) is 37.7 Å². The van der Waals surface area contributed by atoms with Crippen molar-refractivity contribution in [2.45, 2.75) is 50.7 Å². The monoisotopic (exact) mass is 248 g/mol. The average Bonchev–Trinajstić information content (AvgIpc) is 2.45. The number of nitrogens with zero attached hydrogens (tertiary/aromatic N) is 1. The fraction of sp³-hybridized carbons (Fsp3) is 0.667. The Kier molecular flexibility index (Phi) is 5.62. The Morgan fingerprint density at radius 3 is 2.89 bits per heavy atom. The molecule has 1 aromatic heterocycles. The van der Waals surface area contributed by atoms with Crippen LogP contribution in [0.4, 0.5) is 0 Å². The van der Waals surface area contributed by atoms with Crippen LogP contribution < -0.4 is 5.32 Å². The van der Waals surface area contributed by atoms with Crippen LogP contribution in [0, 0.1) is 0 Å². The number of rotatable bonds is 6. The van der Waals surface area contributed by atoms with E-state index in [0.717, 1.165) is 13.0 Å². The Labute approximate surface area is 110 Å². The molecule has 1 saturated heterocycles. The molecule has 2 unspecified atom stereocenters. The Hall–Kier alpha value is -0.930. The summed E-state index contributed by atoms with van der Waals surface area (Å²) >= 11 is 0. The molecule has 0 amide bonds. The van der Waals surface area contributed by atoms with Crippen LogP contribution in [0.2, 0.25) is 0 Å². The Bertz CT molecular complexity index is 323. The van der Waals surface area contributed by atoms with Crippen molar-refractivity contribution in [3.05, 3.63) is 30.1 Å². The van der Waals surface area contributed by atoms with Gasteiger partial charge in [0.25, 0.3) is 0 Å². The molecule has 0 radical (unpaired) electrons. The summed E-state index contributed by atoms with van der Waals surface area (Å²) in [4.78, 5) is 4.06. The number of ether oxygens (including phenoxy) is 1. The Morgan fingerprint density at radius 2 is 2.22 bits per heavy atom. The van der Waals surface area contributed by atoms with Gasteiger partial charge in [-0.25, -0.2) is 0 Å². The summed E-state index contributed by atoms with van der Waals surface area (Å²) in [5.41, 5.74) is 1.36. The van der Waals surface area contributed by atoms with Crippen molar-refractivity contribution in [2.24, 2.45) is 0 Å². The van der Waals surface area contributed by atoms with Crippen molar-refractivity contribution < 1.29 is 4.74 Å². The maximum absolute atomic E-state index is 5.79. The summed E-state index contributed by atoms with van der Waals surface area (Å²) in [6, 6.07) is 4.74. The lowest BCUT2D eigenvalue weighted by molar-refractivity contribution is 0.00870. The van der Waals surface area contributed by atoms with E-state index in [1.807, 2.05) is 19.4 Å². The highest BCUT2D eigenvalue weighted by Gasteiger charge is 2.16. The fourth-order valence-electron chi connectivity index (χ4n) is 2.57. The van der Waals surface area contributed by atoms with E-state index in [1.54, 1.807) is 0 Å². The van der Waals surface area contributed by atoms with Crippen LogP contribution >= 0.6 is 0 Å². The van der Waals surface area contributed by atoms with Crippen molar-refractivity contribution in [3.63, 3.8) is 0 Å². The van der Waals surface area contributed by atoms with Crippen LogP contribution in [0.15, 0.2) is 24.5 Å². The summed E-state index contributed by atoms with van der Waals surface area (Å²) in [7, 11) is 2.05. The smallest absolute Gasteiger partial charge is 0.0575 e. The number of hydrogen-bond acceptors (Lipinski definition) is 3. The van der Waals surface area contributed by atoms with Crippen molar-refractivity contribution in [2.75, 3.05) is 13.7 Å². The van der Waals surface area contributed by atoms with E-state index < -0.39 is 0 Å². The molecule has 1 fully saturated rings. The molecule has 100 valence electrons. The minimum absolute atomic E-state index is 0.493. The molecule has 0 aliphatic carbocycles. The summed E-state index contributed by atoms with van der Waals surface area (Å²) in [6.45, 7) is 0.958. The van der Waals surface area contributed by atoms with Gasteiger partial charge < -0.3 is 10.1 Å². The number of nitrogens with one attached hydrogen (secondary N) is 1. The number of hydrogen-bond donors (Lipinski definition) is 1. The molecule has 2 heterocycles. The van der Waals surface area contributed by atoms with E-state index >= 15 is 0 Å². The van der Waals surface area contributed by atoms with Gasteiger partial charge in [0.15, 0.2) is 0 Å². The predicted molar refractivity (Wildman–Crippen MR) is 73.6 cm³/mol. The largest absolute Gasteiger partial charge is 0.378 e. The van der Waals surface area contributed by atoms with Gasteiger partial charge in [-0.05, 0) is 63.3 Å². The zero-order valence-electron chi connectivity index (χ0n) is 11.3. The van der Waals surface area contributed by atoms with Gasteiger partial charge in [-0.15, -0.1) is 0 Å². The molecule has 0 aromatic carbocycles. The van der Waals surface area contributed by atoms with E-state index in [0.29, 0.717) is 12.1 Å². The molecule has 1 aliphatic heterocycles. The molecule has 2 atom stereocenters. The van der Waals surface area contributed by atoms with Crippen LogP contribution in [-0.4, -0.2) is 30.8 Å². The molecule has 0 saturated carbocycles. The zero-order valence-corrected chi connectivity index (χ0v) is 11.3. The molecule has 1 aliphatic rings. The highest BCUT2D eigenvalue weighted by Crippen LogP contribution is 2.18. The van der Waals surface area contributed by atoms with Gasteiger partial charge in [0, 0.05) is 25.0 Å². The third-order valence-electron chi connectivity index (χ3n) is 3.75. The summed E-state index contributed by atoms with van der Waals surface area (Å²) in [5, 5.41) is 3.41. The van der Waals surface area contributed by atoms with Crippen molar-refractivity contribution in [3.8, 4) is 0 Å². The van der Waals surface area contributed by atoms with Gasteiger partial charge in [0.05, 0.1) is 6.10 Å². The second-order valence-corrected chi connectivity index (χ2v) is 5.11. The lowest BCUT2D eigenvalue weighted by atomic mass is 9.98. The van der Waals surface area contributed by atoms with E-state index in [4.69, 9.17) is 4.74 Å². The third kappa shape index (κ3) is 4.39. The quantitative estimate of drug-likeness (QED) is 0.840. The summed E-state index contributed by atoms with van der Waals surface area (Å²) in [5.74, 6) is 0. The van der Waals surface area contributed by atoms with Gasteiger partial charge in [0.1, 0.15) is 0 Å². The van der Waals surface area contributed by atoms with Crippen molar-refractivity contribution >= 4 is 0 Å². The highest BCUT2D eigenvalue weighted by molar-refractivity contribution is 5.11. The van der Waals surface area contributed by atoms with Gasteiger partial charge in [-0.1, -0.05) is 0 Å². The van der Waals surface area contributed by atoms with Crippen LogP contribution in [0.5, 0.6) is 0 Å². The first-order valence-corrected chi connectivity index (χ1v) is 7.06. The first-order chi connectivity index (χ1) is 8.88. The fourth-order valence-corrected chi connectivity index (χ4v) is 2.57. The Morgan fingerprint density at radius 1 is 1.39 bits per heavy atom. The average molecular weight is 248 g/mol. The Balaban J connectivity index is 1.75. The van der Waals surface area contributed by atoms with E-state index in [9.17, 15) is 0 Å². The minimum Gasteiger partial charge on any atom is -0.378 e. The summed E-state index contributed by atoms with van der Waals surface area (Å²) in [6.07, 6.45) is 11.5. The first kappa shape index (κ1) is 13.5. The number of likely N-dealkylation sites (N-methyl/N-ethyl adjacent to an activating group) is 1. The second kappa shape index (κ2) is 7.49. The molecule has 2 rings (SSSR count). The van der Waals surface area contributed by atoms with Gasteiger partial charge in [-0.2, -0.15) is 0 Å². The SMILES string of the molecule is CNC(CCC1CCCCO1)Cc1ccncc1. The molecule has 18 heavy (non-hydrogen) atoms. The molecule has 3 heteroatoms. The van der Waals surface area contributed by atoms with Crippen LogP contribution in [-0.2, 0) is 11.2 Å². The number of aromatic nitrogens is 1. The molecular weight excluding hydrogens is 224 g/mol. The normalized spacial score (nSPS) is 21.7. The lowest BCUT2D eigenvalue weighted by Crippen LogP contribution is -2.30. The van der Waals surface area contributed by atoms with Crippen LogP contribution in [0.3, 0.4) is 0 Å². The van der Waals surface area contributed by atoms with Crippen molar-refractivity contribution in [1.82, 2.24) is 10.3 Å². The maximum atomic E-state index is 5.79. The number of pyridine rings is 1. The predicted octanol–water partition coefficient (Wildman–Crippen LogP) is 2.56. The molecule has 1 N–H and O–H groups in total. The van der Waals surface area contributed by atoms with Gasteiger partial charge in [0.2, 0.25) is 0 Å². The van der Waals surface area contributed by atoms with Gasteiger partial charge in [-0.3, -0.25) is 4.98 Å². The van der Waals surface area contributed by atoms with E-state index in [-0.39, 0.29) is 0 Å². The molecule has 0 bridgehead atoms. The molecule has 0 spiro atoms. The second-order valence-electron chi connectivity index (χ2n) is 5.11. The molecule has 3 nitrogen and oxygen atoms in total. The zero-order chi connectivity index (χ0) is 12.6. The van der Waals surface area contributed by atoms with Crippen LogP contribution in [0.25, 0.3) is 0 Å². The topological polar surface area (TPSA) is 34.1 Å². The van der Waals surface area contributed by atoms with Gasteiger partial charge >= 0.3 is 0 Å². The summed E-state index contributed by atoms with van der Waals surface area (Å²) < 4.78 is 5.79. The van der Waals surface area contributed by atoms with Crippen molar-refractivity contribution in [1.29, 1.82) is 0 Å². The van der Waals surface area contributed by atoms with E-state index in [2.05, 4.69) is 22.4 Å². The maximum Gasteiger partial charge on any atom is 0.0575 e. The first-order valence-electron chi connectivity index (χ1n) is 7.06.